The second kappa shape index (κ2) is 12.6. The monoisotopic (exact) mass is 418 g/mol. The second-order valence-electron chi connectivity index (χ2n) is 7.88. The molecule has 0 atom stereocenters. The maximum atomic E-state index is 5.99. The Bertz CT molecular complexity index is 625. The van der Waals surface area contributed by atoms with E-state index in [4.69, 9.17) is 15.2 Å². The number of anilines is 1. The SMILES string of the molecule is COc1ccc(N2CCN(CCCNC(N)=NCCCN3CCOCC3)CC2)cc1. The highest BCUT2D eigenvalue weighted by molar-refractivity contribution is 5.77. The summed E-state index contributed by atoms with van der Waals surface area (Å²) in [5.74, 6) is 1.48. The topological polar surface area (TPSA) is 78.6 Å². The zero-order chi connectivity index (χ0) is 21.0. The third-order valence-electron chi connectivity index (χ3n) is 5.79. The van der Waals surface area contributed by atoms with Gasteiger partial charge in [0.1, 0.15) is 5.75 Å². The normalized spacial score (nSPS) is 19.1. The van der Waals surface area contributed by atoms with Crippen molar-refractivity contribution >= 4 is 11.6 Å². The summed E-state index contributed by atoms with van der Waals surface area (Å²) >= 11 is 0. The Balaban J connectivity index is 1.22. The Hall–Kier alpha value is -2.03. The van der Waals surface area contributed by atoms with Crippen molar-refractivity contribution in [1.29, 1.82) is 0 Å². The molecule has 2 saturated heterocycles. The van der Waals surface area contributed by atoms with Crippen LogP contribution in [0.3, 0.4) is 0 Å². The number of guanidine groups is 1. The lowest BCUT2D eigenvalue weighted by atomic mass is 10.2. The third-order valence-corrected chi connectivity index (χ3v) is 5.79. The van der Waals surface area contributed by atoms with Crippen molar-refractivity contribution in [3.05, 3.63) is 24.3 Å². The molecule has 8 heteroatoms. The van der Waals surface area contributed by atoms with Gasteiger partial charge < -0.3 is 25.4 Å². The highest BCUT2D eigenvalue weighted by Crippen LogP contribution is 2.20. The molecule has 2 fully saturated rings. The molecule has 168 valence electrons. The molecule has 3 N–H and O–H groups in total. The number of nitrogens with two attached hydrogens (primary N) is 1. The van der Waals surface area contributed by atoms with Gasteiger partial charge in [0.05, 0.1) is 20.3 Å². The first-order valence-electron chi connectivity index (χ1n) is 11.2. The molecule has 2 heterocycles. The van der Waals surface area contributed by atoms with Crippen molar-refractivity contribution in [3.63, 3.8) is 0 Å². The molecule has 1 aromatic rings. The van der Waals surface area contributed by atoms with Crippen molar-refractivity contribution in [2.75, 3.05) is 90.7 Å². The Morgan fingerprint density at radius 1 is 1.00 bits per heavy atom. The molecule has 3 rings (SSSR count). The third kappa shape index (κ3) is 7.66. The number of morpholine rings is 1. The molecule has 2 aliphatic rings. The fourth-order valence-corrected chi connectivity index (χ4v) is 3.92. The summed E-state index contributed by atoms with van der Waals surface area (Å²) in [6.45, 7) is 11.9. The number of benzene rings is 1. The molecular formula is C22H38N6O2. The first kappa shape index (κ1) is 22.7. The minimum absolute atomic E-state index is 0.571. The molecule has 30 heavy (non-hydrogen) atoms. The van der Waals surface area contributed by atoms with Gasteiger partial charge in [-0.05, 0) is 43.7 Å². The van der Waals surface area contributed by atoms with E-state index in [1.54, 1.807) is 7.11 Å². The number of rotatable bonds is 10. The van der Waals surface area contributed by atoms with Crippen LogP contribution in [0.5, 0.6) is 5.75 Å². The molecule has 0 unspecified atom stereocenters. The molecule has 0 saturated carbocycles. The van der Waals surface area contributed by atoms with Crippen LogP contribution in [0.1, 0.15) is 12.8 Å². The largest absolute Gasteiger partial charge is 0.497 e. The highest BCUT2D eigenvalue weighted by atomic mass is 16.5. The number of methoxy groups -OCH3 is 1. The second-order valence-corrected chi connectivity index (χ2v) is 7.88. The average Bonchev–Trinajstić information content (AvgIpc) is 2.81. The van der Waals surface area contributed by atoms with E-state index in [1.807, 2.05) is 12.1 Å². The molecular weight excluding hydrogens is 380 g/mol. The summed E-state index contributed by atoms with van der Waals surface area (Å²) in [5, 5.41) is 3.25. The lowest BCUT2D eigenvalue weighted by Gasteiger charge is -2.36. The summed E-state index contributed by atoms with van der Waals surface area (Å²) in [4.78, 5) is 11.8. The number of ether oxygens (including phenoxy) is 2. The van der Waals surface area contributed by atoms with Crippen molar-refractivity contribution < 1.29 is 9.47 Å². The average molecular weight is 419 g/mol. The van der Waals surface area contributed by atoms with Crippen molar-refractivity contribution in [3.8, 4) is 5.75 Å². The van der Waals surface area contributed by atoms with E-state index in [0.717, 1.165) is 97.3 Å². The van der Waals surface area contributed by atoms with E-state index in [9.17, 15) is 0 Å². The number of hydrogen-bond acceptors (Lipinski definition) is 6. The Kier molecular flexibility index (Phi) is 9.53. The Morgan fingerprint density at radius 2 is 1.67 bits per heavy atom. The summed E-state index contributed by atoms with van der Waals surface area (Å²) in [7, 11) is 1.70. The van der Waals surface area contributed by atoms with E-state index in [0.29, 0.717) is 5.96 Å². The minimum Gasteiger partial charge on any atom is -0.497 e. The predicted octanol–water partition coefficient (Wildman–Crippen LogP) is 0.834. The molecule has 0 aliphatic carbocycles. The van der Waals surface area contributed by atoms with Crippen molar-refractivity contribution in [2.45, 2.75) is 12.8 Å². The van der Waals surface area contributed by atoms with Crippen LogP contribution in [0.25, 0.3) is 0 Å². The summed E-state index contributed by atoms with van der Waals surface area (Å²) in [5.41, 5.74) is 7.26. The first-order chi connectivity index (χ1) is 14.7. The summed E-state index contributed by atoms with van der Waals surface area (Å²) < 4.78 is 10.6. The Labute approximate surface area is 181 Å². The molecule has 0 amide bonds. The fourth-order valence-electron chi connectivity index (χ4n) is 3.92. The van der Waals surface area contributed by atoms with E-state index in [-0.39, 0.29) is 0 Å². The number of nitrogens with zero attached hydrogens (tertiary/aromatic N) is 4. The quantitative estimate of drug-likeness (QED) is 0.331. The first-order valence-corrected chi connectivity index (χ1v) is 11.2. The van der Waals surface area contributed by atoms with Crippen LogP contribution < -0.4 is 20.7 Å². The van der Waals surface area contributed by atoms with Crippen molar-refractivity contribution in [1.82, 2.24) is 15.1 Å². The predicted molar refractivity (Wildman–Crippen MR) is 123 cm³/mol. The minimum atomic E-state index is 0.571. The smallest absolute Gasteiger partial charge is 0.188 e. The van der Waals surface area contributed by atoms with Crippen LogP contribution in [-0.4, -0.2) is 102 Å². The molecule has 0 aromatic heterocycles. The summed E-state index contributed by atoms with van der Waals surface area (Å²) in [6.07, 6.45) is 2.12. The van der Waals surface area contributed by atoms with Gasteiger partial charge in [-0.1, -0.05) is 0 Å². The van der Waals surface area contributed by atoms with Gasteiger partial charge in [-0.25, -0.2) is 0 Å². The van der Waals surface area contributed by atoms with E-state index in [2.05, 4.69) is 37.1 Å². The number of piperazine rings is 1. The van der Waals surface area contributed by atoms with Gasteiger partial charge in [0.15, 0.2) is 5.96 Å². The van der Waals surface area contributed by atoms with Gasteiger partial charge in [0.2, 0.25) is 0 Å². The van der Waals surface area contributed by atoms with Crippen LogP contribution in [0.4, 0.5) is 5.69 Å². The van der Waals surface area contributed by atoms with Crippen LogP contribution in [0.2, 0.25) is 0 Å². The van der Waals surface area contributed by atoms with E-state index in [1.165, 1.54) is 5.69 Å². The zero-order valence-corrected chi connectivity index (χ0v) is 18.4. The van der Waals surface area contributed by atoms with Crippen LogP contribution in [0, 0.1) is 0 Å². The molecule has 0 bridgehead atoms. The molecule has 8 nitrogen and oxygen atoms in total. The number of aliphatic imine (C=N–C) groups is 1. The van der Waals surface area contributed by atoms with Gasteiger partial charge in [0.25, 0.3) is 0 Å². The van der Waals surface area contributed by atoms with E-state index < -0.39 is 0 Å². The Morgan fingerprint density at radius 3 is 2.37 bits per heavy atom. The van der Waals surface area contributed by atoms with E-state index >= 15 is 0 Å². The van der Waals surface area contributed by atoms with Gasteiger partial charge in [-0.2, -0.15) is 0 Å². The van der Waals surface area contributed by atoms with Crippen LogP contribution in [-0.2, 0) is 4.74 Å². The lowest BCUT2D eigenvalue weighted by molar-refractivity contribution is 0.0377. The maximum Gasteiger partial charge on any atom is 0.188 e. The molecule has 1 aromatic carbocycles. The number of hydrogen-bond donors (Lipinski definition) is 2. The molecule has 0 radical (unpaired) electrons. The number of nitrogens with one attached hydrogen (secondary N) is 1. The van der Waals surface area contributed by atoms with Gasteiger partial charge >= 0.3 is 0 Å². The standard InChI is InChI=1S/C22H38N6O2/c1-29-21-6-4-20(5-7-21)28-14-12-26(13-15-28)10-2-8-24-22(23)25-9-3-11-27-16-18-30-19-17-27/h4-7H,2-3,8-19H2,1H3,(H3,23,24,25). The molecule has 2 aliphatic heterocycles. The summed E-state index contributed by atoms with van der Waals surface area (Å²) in [6, 6.07) is 8.34. The van der Waals surface area contributed by atoms with Crippen molar-refractivity contribution in [2.24, 2.45) is 10.7 Å². The van der Waals surface area contributed by atoms with Gasteiger partial charge in [-0.15, -0.1) is 0 Å². The lowest BCUT2D eigenvalue weighted by Crippen LogP contribution is -2.47. The van der Waals surface area contributed by atoms with Crippen LogP contribution >= 0.6 is 0 Å². The highest BCUT2D eigenvalue weighted by Gasteiger charge is 2.16. The van der Waals surface area contributed by atoms with Gasteiger partial charge in [0, 0.05) is 64.6 Å². The maximum absolute atomic E-state index is 5.99. The fraction of sp³-hybridized carbons (Fsp3) is 0.682. The van der Waals surface area contributed by atoms with Gasteiger partial charge in [-0.3, -0.25) is 14.8 Å². The molecule has 0 spiro atoms. The zero-order valence-electron chi connectivity index (χ0n) is 18.4. The van der Waals surface area contributed by atoms with Crippen LogP contribution in [0.15, 0.2) is 29.3 Å².